The maximum Gasteiger partial charge on any atom is 0.410 e. The lowest BCUT2D eigenvalue weighted by Gasteiger charge is -2.18. The normalized spacial score (nSPS) is 38.8. The van der Waals surface area contributed by atoms with E-state index < -0.39 is 0 Å². The topological polar surface area (TPSA) is 41.6 Å². The average molecular weight is 182 g/mol. The Morgan fingerprint density at radius 1 is 1.54 bits per heavy atom. The van der Waals surface area contributed by atoms with Crippen molar-refractivity contribution in [2.75, 3.05) is 19.6 Å². The Labute approximate surface area is 77.2 Å². The summed E-state index contributed by atoms with van der Waals surface area (Å²) in [5.74, 6) is 0. The van der Waals surface area contributed by atoms with E-state index in [1.165, 1.54) is 12.8 Å². The third-order valence-corrected chi connectivity index (χ3v) is 3.19. The van der Waals surface area contributed by atoms with Crippen LogP contribution in [0.3, 0.4) is 0 Å². The van der Waals surface area contributed by atoms with E-state index in [1.807, 2.05) is 4.90 Å². The second kappa shape index (κ2) is 2.38. The molecule has 13 heavy (non-hydrogen) atoms. The van der Waals surface area contributed by atoms with E-state index in [-0.39, 0.29) is 11.7 Å². The minimum absolute atomic E-state index is 0.0915. The summed E-state index contributed by atoms with van der Waals surface area (Å²) >= 11 is 0. The van der Waals surface area contributed by atoms with Gasteiger partial charge in [-0.05, 0) is 19.4 Å². The van der Waals surface area contributed by atoms with E-state index in [9.17, 15) is 4.79 Å². The van der Waals surface area contributed by atoms with E-state index in [1.54, 1.807) is 0 Å². The van der Waals surface area contributed by atoms with Crippen LogP contribution in [0.15, 0.2) is 0 Å². The summed E-state index contributed by atoms with van der Waals surface area (Å²) in [6.07, 6.45) is 3.21. The third-order valence-electron chi connectivity index (χ3n) is 3.19. The molecule has 3 rings (SSSR count). The van der Waals surface area contributed by atoms with Gasteiger partial charge in [-0.3, -0.25) is 0 Å². The first-order chi connectivity index (χ1) is 6.29. The maximum atomic E-state index is 11.5. The number of ether oxygens (including phenoxy) is 1. The zero-order valence-electron chi connectivity index (χ0n) is 7.58. The van der Waals surface area contributed by atoms with Gasteiger partial charge in [0, 0.05) is 19.0 Å². The highest BCUT2D eigenvalue weighted by Crippen LogP contribution is 2.36. The van der Waals surface area contributed by atoms with Gasteiger partial charge in [-0.1, -0.05) is 0 Å². The van der Waals surface area contributed by atoms with Crippen LogP contribution in [0.5, 0.6) is 0 Å². The molecule has 1 spiro atoms. The van der Waals surface area contributed by atoms with Crippen LogP contribution < -0.4 is 5.32 Å². The minimum Gasteiger partial charge on any atom is -0.439 e. The van der Waals surface area contributed by atoms with Gasteiger partial charge in [0.05, 0.1) is 6.54 Å². The molecule has 1 atom stereocenters. The van der Waals surface area contributed by atoms with Gasteiger partial charge in [-0.15, -0.1) is 0 Å². The molecule has 0 radical (unpaired) electrons. The molecule has 0 aromatic carbocycles. The van der Waals surface area contributed by atoms with Crippen LogP contribution in [0, 0.1) is 0 Å². The fourth-order valence-corrected chi connectivity index (χ4v) is 2.26. The highest BCUT2D eigenvalue weighted by atomic mass is 16.6. The average Bonchev–Trinajstić information content (AvgIpc) is 2.78. The number of amides is 1. The van der Waals surface area contributed by atoms with Crippen molar-refractivity contribution in [3.8, 4) is 0 Å². The van der Waals surface area contributed by atoms with Crippen LogP contribution >= 0.6 is 0 Å². The molecule has 1 aliphatic carbocycles. The first-order valence-corrected chi connectivity index (χ1v) is 4.99. The summed E-state index contributed by atoms with van der Waals surface area (Å²) < 4.78 is 5.45. The molecule has 4 heteroatoms. The second-order valence-electron chi connectivity index (χ2n) is 4.34. The van der Waals surface area contributed by atoms with Crippen LogP contribution in [0.2, 0.25) is 0 Å². The second-order valence-corrected chi connectivity index (χ2v) is 4.34. The van der Waals surface area contributed by atoms with Gasteiger partial charge < -0.3 is 15.0 Å². The number of hydrogen-bond acceptors (Lipinski definition) is 3. The van der Waals surface area contributed by atoms with Gasteiger partial charge in [0.1, 0.15) is 5.60 Å². The first-order valence-electron chi connectivity index (χ1n) is 4.99. The Morgan fingerprint density at radius 3 is 3.00 bits per heavy atom. The van der Waals surface area contributed by atoms with Crippen molar-refractivity contribution in [3.05, 3.63) is 0 Å². The van der Waals surface area contributed by atoms with Crippen LogP contribution in [-0.2, 0) is 4.74 Å². The Bertz CT molecular complexity index is 244. The number of carbonyl (C=O) groups excluding carboxylic acids is 1. The standard InChI is InChI=1S/C9H14N2O2/c12-8-11(7-1-2-7)6-9(13-8)3-4-10-5-9/h7,10H,1-6H2/t9-/m1/s1. The molecule has 2 saturated heterocycles. The number of rotatable bonds is 1. The van der Waals surface area contributed by atoms with E-state index in [0.717, 1.165) is 26.1 Å². The van der Waals surface area contributed by atoms with Crippen molar-refractivity contribution in [1.29, 1.82) is 0 Å². The fraction of sp³-hybridized carbons (Fsp3) is 0.889. The van der Waals surface area contributed by atoms with Crippen LogP contribution in [0.1, 0.15) is 19.3 Å². The van der Waals surface area contributed by atoms with Gasteiger partial charge in [0.15, 0.2) is 0 Å². The maximum absolute atomic E-state index is 11.5. The van der Waals surface area contributed by atoms with Gasteiger partial charge >= 0.3 is 6.09 Å². The summed E-state index contributed by atoms with van der Waals surface area (Å²) in [4.78, 5) is 13.4. The largest absolute Gasteiger partial charge is 0.439 e. The Balaban J connectivity index is 1.77. The molecule has 0 bridgehead atoms. The molecule has 1 saturated carbocycles. The van der Waals surface area contributed by atoms with Crippen molar-refractivity contribution in [1.82, 2.24) is 10.2 Å². The third kappa shape index (κ3) is 1.12. The number of carbonyl (C=O) groups is 1. The van der Waals surface area contributed by atoms with Gasteiger partial charge in [0.2, 0.25) is 0 Å². The zero-order chi connectivity index (χ0) is 8.89. The zero-order valence-corrected chi connectivity index (χ0v) is 7.58. The lowest BCUT2D eigenvalue weighted by Crippen LogP contribution is -2.37. The molecule has 0 aromatic rings. The van der Waals surface area contributed by atoms with Crippen LogP contribution in [0.4, 0.5) is 4.79 Å². The monoisotopic (exact) mass is 182 g/mol. The van der Waals surface area contributed by atoms with Crippen molar-refractivity contribution in [2.45, 2.75) is 30.9 Å². The van der Waals surface area contributed by atoms with Crippen molar-refractivity contribution in [3.63, 3.8) is 0 Å². The smallest absolute Gasteiger partial charge is 0.410 e. The minimum atomic E-state index is -0.181. The number of nitrogens with one attached hydrogen (secondary N) is 1. The molecule has 0 unspecified atom stereocenters. The number of nitrogens with zero attached hydrogens (tertiary/aromatic N) is 1. The molecular weight excluding hydrogens is 168 g/mol. The summed E-state index contributed by atoms with van der Waals surface area (Å²) in [7, 11) is 0. The van der Waals surface area contributed by atoms with Gasteiger partial charge in [-0.2, -0.15) is 0 Å². The molecule has 3 aliphatic rings. The molecule has 72 valence electrons. The van der Waals surface area contributed by atoms with E-state index in [0.29, 0.717) is 6.04 Å². The molecule has 2 heterocycles. The molecule has 3 fully saturated rings. The van der Waals surface area contributed by atoms with Gasteiger partial charge in [0.25, 0.3) is 0 Å². The van der Waals surface area contributed by atoms with E-state index in [4.69, 9.17) is 4.74 Å². The van der Waals surface area contributed by atoms with Crippen molar-refractivity contribution >= 4 is 6.09 Å². The lowest BCUT2D eigenvalue weighted by molar-refractivity contribution is 0.0727. The predicted octanol–water partition coefficient (Wildman–Crippen LogP) is 0.333. The Hall–Kier alpha value is -0.770. The molecule has 0 aromatic heterocycles. The summed E-state index contributed by atoms with van der Waals surface area (Å²) in [6, 6.07) is 0.493. The van der Waals surface area contributed by atoms with E-state index in [2.05, 4.69) is 5.32 Å². The Kier molecular flexibility index (Phi) is 1.39. The fourth-order valence-electron chi connectivity index (χ4n) is 2.26. The lowest BCUT2D eigenvalue weighted by atomic mass is 10.0. The molecule has 1 amide bonds. The van der Waals surface area contributed by atoms with Crippen LogP contribution in [0.25, 0.3) is 0 Å². The van der Waals surface area contributed by atoms with Gasteiger partial charge in [-0.25, -0.2) is 4.79 Å². The highest BCUT2D eigenvalue weighted by Gasteiger charge is 2.50. The molecule has 2 aliphatic heterocycles. The Morgan fingerprint density at radius 2 is 2.38 bits per heavy atom. The van der Waals surface area contributed by atoms with E-state index >= 15 is 0 Å². The van der Waals surface area contributed by atoms with Crippen LogP contribution in [-0.4, -0.2) is 42.3 Å². The quantitative estimate of drug-likeness (QED) is 0.635. The summed E-state index contributed by atoms with van der Waals surface area (Å²) in [5, 5.41) is 3.25. The first kappa shape index (κ1) is 7.62. The SMILES string of the molecule is O=C1O[C@@]2(CCNC2)CN1C1CC1. The number of hydrogen-bond donors (Lipinski definition) is 1. The summed E-state index contributed by atoms with van der Waals surface area (Å²) in [5.41, 5.74) is -0.181. The molecule has 1 N–H and O–H groups in total. The predicted molar refractivity (Wildman–Crippen MR) is 46.4 cm³/mol. The van der Waals surface area contributed by atoms with Crippen molar-refractivity contribution in [2.24, 2.45) is 0 Å². The highest BCUT2D eigenvalue weighted by molar-refractivity contribution is 5.71. The van der Waals surface area contributed by atoms with Crippen molar-refractivity contribution < 1.29 is 9.53 Å². The molecule has 4 nitrogen and oxygen atoms in total. The molecular formula is C9H14N2O2. The summed E-state index contributed by atoms with van der Waals surface area (Å²) in [6.45, 7) is 2.62.